The van der Waals surface area contributed by atoms with Gasteiger partial charge in [0.25, 0.3) is 0 Å². The Morgan fingerprint density at radius 1 is 1.60 bits per heavy atom. The van der Waals surface area contributed by atoms with Gasteiger partial charge >= 0.3 is 0 Å². The van der Waals surface area contributed by atoms with Crippen LogP contribution in [0.15, 0.2) is 0 Å². The lowest BCUT2D eigenvalue weighted by Crippen LogP contribution is -1.52. The number of hydrogen-bond acceptors (Lipinski definition) is 1. The van der Waals surface area contributed by atoms with E-state index in [9.17, 15) is 0 Å². The van der Waals surface area contributed by atoms with Gasteiger partial charge in [-0.05, 0) is 6.92 Å². The predicted molar refractivity (Wildman–Crippen MR) is 23.5 cm³/mol. The molecule has 0 aliphatic rings. The van der Waals surface area contributed by atoms with Gasteiger partial charge in [-0.15, -0.1) is 12.4 Å². The molecule has 3 heteroatoms. The van der Waals surface area contributed by atoms with Gasteiger partial charge in [0.2, 0.25) is 0 Å². The Morgan fingerprint density at radius 2 is 1.60 bits per heavy atom. The first-order valence-corrected chi connectivity index (χ1v) is 0.996. The minimum atomic E-state index is 0. The van der Waals surface area contributed by atoms with Crippen molar-refractivity contribution >= 4 is 12.4 Å². The first-order chi connectivity index (χ1) is 1.41. The second kappa shape index (κ2) is 29.6. The zero-order valence-corrected chi connectivity index (χ0v) is 4.05. The van der Waals surface area contributed by atoms with Gasteiger partial charge in [0.1, 0.15) is 0 Å². The van der Waals surface area contributed by atoms with E-state index in [1.54, 1.807) is 6.92 Å². The highest BCUT2D eigenvalue weighted by atomic mass is 35.5. The Morgan fingerprint density at radius 3 is 1.60 bits per heavy atom. The minimum absolute atomic E-state index is 0. The van der Waals surface area contributed by atoms with Crippen LogP contribution in [0.5, 0.6) is 0 Å². The molecule has 0 saturated carbocycles. The average molecular weight is 98.6 g/mol. The van der Waals surface area contributed by atoms with Gasteiger partial charge in [-0.2, -0.15) is 0 Å². The minimum Gasteiger partial charge on any atom is -0.344 e. The van der Waals surface area contributed by atoms with E-state index in [4.69, 9.17) is 5.11 Å². The quantitative estimate of drug-likeness (QED) is 0.483. The van der Waals surface area contributed by atoms with Gasteiger partial charge in [-0.25, -0.2) is 5.11 Å². The maximum atomic E-state index is 8.93. The topological polar surface area (TPSA) is 54.9 Å². The summed E-state index contributed by atoms with van der Waals surface area (Å²) in [5.74, 6) is 0. The van der Waals surface area contributed by atoms with E-state index in [-0.39, 0.29) is 25.2 Å². The summed E-state index contributed by atoms with van der Waals surface area (Å²) in [6, 6.07) is 0. The van der Waals surface area contributed by atoms with Gasteiger partial charge < -0.3 is 6.15 Å². The molecule has 0 amide bonds. The molecule has 0 aromatic heterocycles. The number of hydrogen-bond donors (Lipinski definition) is 1. The van der Waals surface area contributed by atoms with Crippen molar-refractivity contribution in [3.8, 4) is 0 Å². The Hall–Kier alpha value is 0.210. The summed E-state index contributed by atoms with van der Waals surface area (Å²) >= 11 is 0. The molecule has 0 saturated heterocycles. The fraction of sp³-hybridized carbons (Fsp3) is 1.00. The van der Waals surface area contributed by atoms with Gasteiger partial charge in [0.05, 0.1) is 6.61 Å². The Bertz CT molecular complexity index is 9.61. The normalized spacial score (nSPS) is 3.60. The summed E-state index contributed by atoms with van der Waals surface area (Å²) in [5, 5.41) is 8.93. The molecule has 0 bridgehead atoms. The smallest absolute Gasteiger partial charge is 0.0794 e. The molecule has 0 fully saturated rings. The van der Waals surface area contributed by atoms with Crippen molar-refractivity contribution in [3.63, 3.8) is 0 Å². The molecular weight excluding hydrogens is 89.5 g/mol. The predicted octanol–water partition coefficient (Wildman–Crippen LogP) is 1.02. The Balaban J connectivity index is -0.0000000200. The van der Waals surface area contributed by atoms with Crippen LogP contribution in [0.1, 0.15) is 6.92 Å². The second-order valence-electron chi connectivity index (χ2n) is 0.289. The van der Waals surface area contributed by atoms with Gasteiger partial charge in [0, 0.05) is 0 Å². The Labute approximate surface area is 38.2 Å². The maximum Gasteiger partial charge on any atom is 0.0794 e. The molecule has 5 heavy (non-hydrogen) atoms. The van der Waals surface area contributed by atoms with E-state index >= 15 is 0 Å². The average Bonchev–Trinajstić information content (AvgIpc) is 0.918. The molecule has 0 aliphatic heterocycles. The van der Waals surface area contributed by atoms with Crippen LogP contribution in [0.2, 0.25) is 0 Å². The van der Waals surface area contributed by atoms with Crippen LogP contribution in [0.25, 0.3) is 0 Å². The van der Waals surface area contributed by atoms with E-state index in [1.165, 1.54) is 0 Å². The largest absolute Gasteiger partial charge is 0.344 e. The van der Waals surface area contributed by atoms with E-state index < -0.39 is 0 Å². The van der Waals surface area contributed by atoms with Crippen molar-refractivity contribution in [3.05, 3.63) is 0 Å². The van der Waals surface area contributed by atoms with Crippen LogP contribution in [0.3, 0.4) is 0 Å². The SMILES string of the molecule is CC[O].Cl.N. The van der Waals surface area contributed by atoms with Crippen molar-refractivity contribution < 1.29 is 5.11 Å². The van der Waals surface area contributed by atoms with Crippen molar-refractivity contribution in [2.75, 3.05) is 6.61 Å². The fourth-order valence-electron chi connectivity index (χ4n) is 0. The molecule has 2 nitrogen and oxygen atoms in total. The Kier molecular flexibility index (Phi) is 112. The van der Waals surface area contributed by atoms with Crippen molar-refractivity contribution in [1.82, 2.24) is 6.15 Å². The standard InChI is InChI=1S/C2H5O.ClH.H3N/c1-2-3;;/h2H2,1H3;1H;1H3. The summed E-state index contributed by atoms with van der Waals surface area (Å²) in [5.41, 5.74) is 0. The molecule has 3 N–H and O–H groups in total. The van der Waals surface area contributed by atoms with Crippen LogP contribution >= 0.6 is 12.4 Å². The zero-order valence-electron chi connectivity index (χ0n) is 3.23. The summed E-state index contributed by atoms with van der Waals surface area (Å²) < 4.78 is 0. The van der Waals surface area contributed by atoms with Gasteiger partial charge in [0.15, 0.2) is 0 Å². The molecule has 0 rings (SSSR count). The third-order valence-electron chi connectivity index (χ3n) is 0. The molecule has 1 radical (unpaired) electrons. The summed E-state index contributed by atoms with van der Waals surface area (Å²) in [7, 11) is 0. The van der Waals surface area contributed by atoms with Gasteiger partial charge in [-0.3, -0.25) is 0 Å². The molecule has 0 unspecified atom stereocenters. The third-order valence-corrected chi connectivity index (χ3v) is 0. The van der Waals surface area contributed by atoms with Crippen molar-refractivity contribution in [1.29, 1.82) is 0 Å². The third kappa shape index (κ3) is 466. The molecule has 0 aromatic rings. The van der Waals surface area contributed by atoms with Gasteiger partial charge in [-0.1, -0.05) is 0 Å². The lowest BCUT2D eigenvalue weighted by atomic mass is 10.9. The lowest BCUT2D eigenvalue weighted by Gasteiger charge is -1.45. The van der Waals surface area contributed by atoms with Crippen LogP contribution < -0.4 is 6.15 Å². The number of rotatable bonds is 0. The monoisotopic (exact) mass is 98.0 g/mol. The van der Waals surface area contributed by atoms with Crippen LogP contribution in [0.4, 0.5) is 0 Å². The van der Waals surface area contributed by atoms with Crippen LogP contribution in [-0.2, 0) is 5.11 Å². The molecule has 0 atom stereocenters. The van der Waals surface area contributed by atoms with E-state index in [2.05, 4.69) is 0 Å². The first kappa shape index (κ1) is 18.9. The molecular formula is C2H9ClNO. The van der Waals surface area contributed by atoms with E-state index in [0.29, 0.717) is 0 Å². The molecule has 0 spiro atoms. The van der Waals surface area contributed by atoms with E-state index in [1.807, 2.05) is 0 Å². The van der Waals surface area contributed by atoms with Crippen molar-refractivity contribution in [2.45, 2.75) is 6.92 Å². The highest BCUT2D eigenvalue weighted by Crippen LogP contribution is 1.33. The highest BCUT2D eigenvalue weighted by Gasteiger charge is 1.39. The number of halogens is 1. The second-order valence-corrected chi connectivity index (χ2v) is 0.289. The van der Waals surface area contributed by atoms with Crippen molar-refractivity contribution in [2.24, 2.45) is 0 Å². The highest BCUT2D eigenvalue weighted by molar-refractivity contribution is 5.85. The van der Waals surface area contributed by atoms with Crippen LogP contribution in [0, 0.1) is 0 Å². The first-order valence-electron chi connectivity index (χ1n) is 0.996. The molecule has 0 aromatic carbocycles. The van der Waals surface area contributed by atoms with Crippen LogP contribution in [-0.4, -0.2) is 6.61 Å². The summed E-state index contributed by atoms with van der Waals surface area (Å²) in [6.07, 6.45) is 0. The molecule has 0 heterocycles. The van der Waals surface area contributed by atoms with E-state index in [0.717, 1.165) is 0 Å². The lowest BCUT2D eigenvalue weighted by molar-refractivity contribution is 0.212. The molecule has 35 valence electrons. The summed E-state index contributed by atoms with van der Waals surface area (Å²) in [4.78, 5) is 0. The molecule has 0 aliphatic carbocycles. The zero-order chi connectivity index (χ0) is 2.71. The fourth-order valence-corrected chi connectivity index (χ4v) is 0. The maximum absolute atomic E-state index is 8.93. The summed E-state index contributed by atoms with van der Waals surface area (Å²) in [6.45, 7) is 1.57.